The van der Waals surface area contributed by atoms with Gasteiger partial charge >= 0.3 is 6.18 Å². The molecule has 2 aromatic rings. The lowest BCUT2D eigenvalue weighted by Crippen LogP contribution is -2.42. The molecule has 1 atom stereocenters. The molecule has 2 aromatic carbocycles. The number of carbonyl (C=O) groups excluding carboxylic acids is 1. The monoisotopic (exact) mass is 471 g/mol. The van der Waals surface area contributed by atoms with Crippen LogP contribution in [0.4, 0.5) is 24.5 Å². The Labute approximate surface area is 187 Å². The first-order chi connectivity index (χ1) is 13.6. The SMILES string of the molecule is C[C@@](O)(CSc1cccc(N=C=S)c1)C(=O)Nc1ccc(C#N)c(C(F)(F)F)c1.S. The summed E-state index contributed by atoms with van der Waals surface area (Å²) in [5, 5.41) is 23.8. The van der Waals surface area contributed by atoms with Crippen molar-refractivity contribution in [3.63, 3.8) is 0 Å². The molecule has 0 aliphatic heterocycles. The van der Waals surface area contributed by atoms with E-state index >= 15 is 0 Å². The smallest absolute Gasteiger partial charge is 0.379 e. The van der Waals surface area contributed by atoms with Crippen LogP contribution in [0.5, 0.6) is 0 Å². The Balaban J connectivity index is 0.00000450. The molecular weight excluding hydrogens is 455 g/mol. The molecule has 0 fully saturated rings. The Morgan fingerprint density at radius 3 is 2.60 bits per heavy atom. The summed E-state index contributed by atoms with van der Waals surface area (Å²) < 4.78 is 39.1. The molecule has 0 radical (unpaired) electrons. The van der Waals surface area contributed by atoms with Gasteiger partial charge in [-0.25, -0.2) is 0 Å². The molecule has 2 N–H and O–H groups in total. The molecule has 0 unspecified atom stereocenters. The second-order valence-electron chi connectivity index (χ2n) is 6.09. The summed E-state index contributed by atoms with van der Waals surface area (Å²) in [6.07, 6.45) is -4.75. The van der Waals surface area contributed by atoms with E-state index in [1.165, 1.54) is 19.1 Å². The number of hydrogen-bond acceptors (Lipinski definition) is 6. The molecule has 0 aliphatic rings. The van der Waals surface area contributed by atoms with Gasteiger partial charge in [0.2, 0.25) is 0 Å². The van der Waals surface area contributed by atoms with Gasteiger partial charge in [-0.3, -0.25) is 4.79 Å². The average Bonchev–Trinajstić information content (AvgIpc) is 2.66. The van der Waals surface area contributed by atoms with Gasteiger partial charge in [0.25, 0.3) is 5.91 Å². The van der Waals surface area contributed by atoms with E-state index in [4.69, 9.17) is 5.26 Å². The van der Waals surface area contributed by atoms with Gasteiger partial charge in [-0.1, -0.05) is 6.07 Å². The summed E-state index contributed by atoms with van der Waals surface area (Å²) in [4.78, 5) is 16.9. The molecule has 1 amide bonds. The fourth-order valence-electron chi connectivity index (χ4n) is 2.20. The van der Waals surface area contributed by atoms with Crippen molar-refractivity contribution in [1.82, 2.24) is 0 Å². The van der Waals surface area contributed by atoms with Crippen molar-refractivity contribution in [1.29, 1.82) is 5.26 Å². The van der Waals surface area contributed by atoms with E-state index in [-0.39, 0.29) is 24.9 Å². The lowest BCUT2D eigenvalue weighted by molar-refractivity contribution is -0.137. The number of nitriles is 1. The Morgan fingerprint density at radius 2 is 2.00 bits per heavy atom. The first-order valence-corrected chi connectivity index (χ1v) is 9.42. The third-order valence-corrected chi connectivity index (χ3v) is 5.09. The van der Waals surface area contributed by atoms with Crippen LogP contribution in [0, 0.1) is 11.3 Å². The highest BCUT2D eigenvalue weighted by Gasteiger charge is 2.35. The molecular formula is C19H16F3N3O2S3. The molecule has 0 saturated carbocycles. The molecule has 0 spiro atoms. The minimum Gasteiger partial charge on any atom is -0.379 e. The van der Waals surface area contributed by atoms with Gasteiger partial charge in [-0.15, -0.1) is 11.8 Å². The van der Waals surface area contributed by atoms with Crippen LogP contribution < -0.4 is 5.32 Å². The van der Waals surface area contributed by atoms with Crippen LogP contribution in [0.15, 0.2) is 52.4 Å². The van der Waals surface area contributed by atoms with Crippen molar-refractivity contribution in [3.8, 4) is 6.07 Å². The summed E-state index contributed by atoms with van der Waals surface area (Å²) in [5.74, 6) is -0.942. The molecule has 11 heteroatoms. The predicted molar refractivity (Wildman–Crippen MR) is 118 cm³/mol. The first-order valence-electron chi connectivity index (χ1n) is 8.03. The Hall–Kier alpha value is -2.35. The maximum absolute atomic E-state index is 13.0. The largest absolute Gasteiger partial charge is 0.417 e. The van der Waals surface area contributed by atoms with Gasteiger partial charge in [0.05, 0.1) is 28.0 Å². The van der Waals surface area contributed by atoms with E-state index in [9.17, 15) is 23.1 Å². The quantitative estimate of drug-likeness (QED) is 0.355. The number of nitrogens with one attached hydrogen (secondary N) is 1. The van der Waals surface area contributed by atoms with Crippen LogP contribution in [0.1, 0.15) is 18.1 Å². The molecule has 0 aromatic heterocycles. The van der Waals surface area contributed by atoms with Crippen LogP contribution in [0.25, 0.3) is 0 Å². The number of rotatable bonds is 6. The van der Waals surface area contributed by atoms with Crippen LogP contribution >= 0.6 is 37.5 Å². The van der Waals surface area contributed by atoms with Gasteiger partial charge in [-0.05, 0) is 55.5 Å². The van der Waals surface area contributed by atoms with E-state index in [0.717, 1.165) is 17.8 Å². The Bertz CT molecular complexity index is 1010. The summed E-state index contributed by atoms with van der Waals surface area (Å²) >= 11 is 5.70. The number of hydrogen-bond donors (Lipinski definition) is 2. The van der Waals surface area contributed by atoms with Crippen molar-refractivity contribution in [2.75, 3.05) is 11.1 Å². The molecule has 0 heterocycles. The van der Waals surface area contributed by atoms with Gasteiger partial charge in [0.1, 0.15) is 5.60 Å². The van der Waals surface area contributed by atoms with E-state index in [1.54, 1.807) is 24.3 Å². The topological polar surface area (TPSA) is 85.5 Å². The van der Waals surface area contributed by atoms with Gasteiger partial charge < -0.3 is 10.4 Å². The van der Waals surface area contributed by atoms with E-state index < -0.39 is 28.8 Å². The van der Waals surface area contributed by atoms with E-state index in [0.29, 0.717) is 16.6 Å². The fourth-order valence-corrected chi connectivity index (χ4v) is 3.27. The number of thiocarbonyl (C=S) groups is 1. The van der Waals surface area contributed by atoms with Gasteiger partial charge in [0.15, 0.2) is 0 Å². The zero-order valence-corrected chi connectivity index (χ0v) is 18.1. The third-order valence-electron chi connectivity index (χ3n) is 3.70. The zero-order chi connectivity index (χ0) is 21.7. The number of nitrogens with zero attached hydrogens (tertiary/aromatic N) is 2. The number of benzene rings is 2. The summed E-state index contributed by atoms with van der Waals surface area (Å²) in [7, 11) is 0. The Kier molecular flexibility index (Phi) is 9.09. The number of thioether (sulfide) groups is 1. The minimum absolute atomic E-state index is 0. The highest BCUT2D eigenvalue weighted by molar-refractivity contribution is 7.99. The van der Waals surface area contributed by atoms with Gasteiger partial charge in [0, 0.05) is 16.3 Å². The van der Waals surface area contributed by atoms with Crippen molar-refractivity contribution in [3.05, 3.63) is 53.6 Å². The summed E-state index contributed by atoms with van der Waals surface area (Å²) in [6, 6.07) is 11.1. The van der Waals surface area contributed by atoms with Crippen molar-refractivity contribution in [2.24, 2.45) is 4.99 Å². The van der Waals surface area contributed by atoms with Gasteiger partial charge in [-0.2, -0.15) is 36.9 Å². The number of isothiocyanates is 1. The molecule has 2 rings (SSSR count). The number of amides is 1. The predicted octanol–water partition coefficient (Wildman–Crippen LogP) is 4.91. The van der Waals surface area contributed by atoms with Crippen LogP contribution in [0.3, 0.4) is 0 Å². The zero-order valence-electron chi connectivity index (χ0n) is 15.4. The highest BCUT2D eigenvalue weighted by Crippen LogP contribution is 2.34. The average molecular weight is 472 g/mol. The highest BCUT2D eigenvalue weighted by atomic mass is 32.2. The van der Waals surface area contributed by atoms with E-state index in [2.05, 4.69) is 27.7 Å². The first kappa shape index (κ1) is 25.7. The fraction of sp³-hybridized carbons (Fsp3) is 0.211. The molecule has 5 nitrogen and oxygen atoms in total. The molecule has 0 saturated heterocycles. The number of aliphatic imine (C=N–C) groups is 1. The summed E-state index contributed by atoms with van der Waals surface area (Å²) in [5.41, 5.74) is -3.21. The summed E-state index contributed by atoms with van der Waals surface area (Å²) in [6.45, 7) is 1.25. The number of halogens is 3. The number of alkyl halides is 3. The number of anilines is 1. The Morgan fingerprint density at radius 1 is 1.30 bits per heavy atom. The maximum Gasteiger partial charge on any atom is 0.417 e. The second-order valence-corrected chi connectivity index (χ2v) is 7.32. The van der Waals surface area contributed by atoms with Crippen LogP contribution in [-0.2, 0) is 11.0 Å². The number of carbonyl (C=O) groups is 1. The van der Waals surface area contributed by atoms with Crippen molar-refractivity contribution in [2.45, 2.75) is 23.6 Å². The third kappa shape index (κ3) is 6.86. The van der Waals surface area contributed by atoms with Crippen LogP contribution in [0.2, 0.25) is 0 Å². The number of aliphatic hydroxyl groups is 1. The second kappa shape index (κ2) is 10.6. The lowest BCUT2D eigenvalue weighted by Gasteiger charge is -2.22. The van der Waals surface area contributed by atoms with Crippen LogP contribution in [-0.4, -0.2) is 27.5 Å². The lowest BCUT2D eigenvalue weighted by atomic mass is 10.1. The molecule has 0 aliphatic carbocycles. The minimum atomic E-state index is -4.75. The molecule has 30 heavy (non-hydrogen) atoms. The normalized spacial score (nSPS) is 12.5. The molecule has 158 valence electrons. The van der Waals surface area contributed by atoms with Crippen molar-refractivity contribution >= 4 is 59.9 Å². The van der Waals surface area contributed by atoms with Crippen molar-refractivity contribution < 1.29 is 23.1 Å². The standard InChI is InChI=1S/C19H14F3N3O2S2.H2S/c1-18(27,10-29-15-4-2-3-13(7-15)24-11-28)17(26)25-14-6-5-12(9-23)16(8-14)19(20,21)22;/h2-8,27H,10H2,1H3,(H,25,26);1H2/t18-;/m1./s1. The molecule has 0 bridgehead atoms. The van der Waals surface area contributed by atoms with E-state index in [1.807, 2.05) is 0 Å². The maximum atomic E-state index is 13.0.